The van der Waals surface area contributed by atoms with E-state index in [0.29, 0.717) is 5.92 Å². The Bertz CT molecular complexity index is 593. The van der Waals surface area contributed by atoms with Crippen LogP contribution in [0.4, 0.5) is 0 Å². The zero-order chi connectivity index (χ0) is 14.2. The number of carbonyl (C=O) groups excluding carboxylic acids is 1. The van der Waals surface area contributed by atoms with Gasteiger partial charge in [-0.25, -0.2) is 0 Å². The molecule has 0 saturated carbocycles. The maximum Gasteiger partial charge on any atom is 0.175 e. The van der Waals surface area contributed by atoms with Gasteiger partial charge in [0.25, 0.3) is 0 Å². The molecule has 2 aromatic heterocycles. The Morgan fingerprint density at radius 1 is 1.26 bits per heavy atom. The maximum absolute atomic E-state index is 12.0. The quantitative estimate of drug-likeness (QED) is 0.788. The number of hydrogen-bond acceptors (Lipinski definition) is 3. The van der Waals surface area contributed by atoms with E-state index in [9.17, 15) is 4.79 Å². The Morgan fingerprint density at radius 3 is 2.53 bits per heavy atom. The van der Waals surface area contributed by atoms with E-state index in [0.717, 1.165) is 21.0 Å². The van der Waals surface area contributed by atoms with Crippen LogP contribution in [0.25, 0.3) is 10.4 Å². The van der Waals surface area contributed by atoms with Crippen molar-refractivity contribution in [3.63, 3.8) is 0 Å². The average Bonchev–Trinajstić information content (AvgIpc) is 2.93. The molecule has 0 unspecified atom stereocenters. The van der Waals surface area contributed by atoms with E-state index in [2.05, 4.69) is 18.9 Å². The minimum absolute atomic E-state index is 0.0463. The Labute approximate surface area is 118 Å². The molecule has 102 valence electrons. The molecule has 0 fully saturated rings. The number of aromatic nitrogens is 2. The van der Waals surface area contributed by atoms with Gasteiger partial charge in [0.2, 0.25) is 0 Å². The molecule has 0 aromatic carbocycles. The van der Waals surface area contributed by atoms with Gasteiger partial charge in [0.1, 0.15) is 0 Å². The van der Waals surface area contributed by atoms with Crippen molar-refractivity contribution in [3.05, 3.63) is 28.9 Å². The molecular formula is C15H20N2OS. The number of ketones is 1. The highest BCUT2D eigenvalue weighted by Gasteiger charge is 2.18. The van der Waals surface area contributed by atoms with E-state index in [-0.39, 0.29) is 11.7 Å². The Balaban J connectivity index is 2.41. The normalized spacial score (nSPS) is 11.5. The van der Waals surface area contributed by atoms with Crippen molar-refractivity contribution in [3.8, 4) is 10.4 Å². The second kappa shape index (κ2) is 5.29. The lowest BCUT2D eigenvalue weighted by Gasteiger charge is -2.03. The molecule has 2 heterocycles. The summed E-state index contributed by atoms with van der Waals surface area (Å²) in [5, 5.41) is 4.51. The highest BCUT2D eigenvalue weighted by Crippen LogP contribution is 2.34. The first-order valence-electron chi connectivity index (χ1n) is 6.58. The standard InChI is InChI=1S/C15H20N2OS/c1-9(2)14-11(8-17(5)16-14)12-6-7-13(19-12)15(18)10(3)4/h6-10H,1-5H3. The minimum Gasteiger partial charge on any atom is -0.293 e. The van der Waals surface area contributed by atoms with E-state index < -0.39 is 0 Å². The monoisotopic (exact) mass is 276 g/mol. The zero-order valence-electron chi connectivity index (χ0n) is 12.1. The van der Waals surface area contributed by atoms with Gasteiger partial charge in [-0.15, -0.1) is 11.3 Å². The van der Waals surface area contributed by atoms with Crippen molar-refractivity contribution >= 4 is 17.1 Å². The van der Waals surface area contributed by atoms with Gasteiger partial charge in [0.15, 0.2) is 5.78 Å². The number of rotatable bonds is 4. The molecule has 2 rings (SSSR count). The van der Waals surface area contributed by atoms with E-state index in [1.165, 1.54) is 0 Å². The molecule has 0 atom stereocenters. The SMILES string of the molecule is CC(C)C(=O)c1ccc(-c2cn(C)nc2C(C)C)s1. The zero-order valence-corrected chi connectivity index (χ0v) is 12.9. The van der Waals surface area contributed by atoms with Crippen LogP contribution in [0.1, 0.15) is 49.0 Å². The molecule has 0 aliphatic heterocycles. The molecule has 0 aliphatic rings. The predicted octanol–water partition coefficient (Wildman–Crippen LogP) is 4.11. The molecule has 2 aromatic rings. The third kappa shape index (κ3) is 2.78. The predicted molar refractivity (Wildman–Crippen MR) is 79.8 cm³/mol. The summed E-state index contributed by atoms with van der Waals surface area (Å²) in [5.41, 5.74) is 2.23. The number of Topliss-reactive ketones (excluding diaryl/α,β-unsaturated/α-hetero) is 1. The average molecular weight is 276 g/mol. The fraction of sp³-hybridized carbons (Fsp3) is 0.467. The first-order chi connectivity index (χ1) is 8.90. The second-order valence-corrected chi connectivity index (χ2v) is 6.52. The van der Waals surface area contributed by atoms with E-state index in [1.807, 2.05) is 43.9 Å². The summed E-state index contributed by atoms with van der Waals surface area (Å²) in [4.78, 5) is 14.0. The van der Waals surface area contributed by atoms with Gasteiger partial charge in [-0.3, -0.25) is 9.48 Å². The summed E-state index contributed by atoms with van der Waals surface area (Å²) >= 11 is 1.56. The molecule has 0 radical (unpaired) electrons. The van der Waals surface area contributed by atoms with Gasteiger partial charge in [-0.2, -0.15) is 5.10 Å². The van der Waals surface area contributed by atoms with Gasteiger partial charge in [-0.05, 0) is 18.1 Å². The summed E-state index contributed by atoms with van der Waals surface area (Å²) in [6.07, 6.45) is 2.03. The number of thiophene rings is 1. The van der Waals surface area contributed by atoms with Crippen LogP contribution in [0.15, 0.2) is 18.3 Å². The highest BCUT2D eigenvalue weighted by atomic mass is 32.1. The van der Waals surface area contributed by atoms with Crippen LogP contribution in [-0.2, 0) is 7.05 Å². The lowest BCUT2D eigenvalue weighted by molar-refractivity contribution is 0.0943. The minimum atomic E-state index is 0.0463. The molecule has 3 nitrogen and oxygen atoms in total. The second-order valence-electron chi connectivity index (χ2n) is 5.44. The first-order valence-corrected chi connectivity index (χ1v) is 7.39. The van der Waals surface area contributed by atoms with Crippen LogP contribution >= 0.6 is 11.3 Å². The van der Waals surface area contributed by atoms with Gasteiger partial charge in [0, 0.05) is 29.6 Å². The molecule has 0 amide bonds. The van der Waals surface area contributed by atoms with Crippen molar-refractivity contribution in [1.82, 2.24) is 9.78 Å². The lowest BCUT2D eigenvalue weighted by atomic mass is 10.1. The molecule has 0 bridgehead atoms. The highest BCUT2D eigenvalue weighted by molar-refractivity contribution is 7.17. The maximum atomic E-state index is 12.0. The molecular weight excluding hydrogens is 256 g/mol. The first kappa shape index (κ1) is 14.0. The lowest BCUT2D eigenvalue weighted by Crippen LogP contribution is -2.04. The van der Waals surface area contributed by atoms with Gasteiger partial charge >= 0.3 is 0 Å². The van der Waals surface area contributed by atoms with Crippen LogP contribution in [0, 0.1) is 5.92 Å². The van der Waals surface area contributed by atoms with Crippen molar-refractivity contribution in [2.75, 3.05) is 0 Å². The number of hydrogen-bond donors (Lipinski definition) is 0. The number of nitrogens with zero attached hydrogens (tertiary/aromatic N) is 2. The molecule has 4 heteroatoms. The fourth-order valence-corrected chi connectivity index (χ4v) is 3.13. The van der Waals surface area contributed by atoms with Crippen LogP contribution in [0.5, 0.6) is 0 Å². The van der Waals surface area contributed by atoms with Crippen LogP contribution < -0.4 is 0 Å². The van der Waals surface area contributed by atoms with Crippen molar-refractivity contribution in [1.29, 1.82) is 0 Å². The van der Waals surface area contributed by atoms with Crippen molar-refractivity contribution < 1.29 is 4.79 Å². The van der Waals surface area contributed by atoms with Crippen molar-refractivity contribution in [2.45, 2.75) is 33.6 Å². The number of carbonyl (C=O) groups is 1. The van der Waals surface area contributed by atoms with E-state index in [1.54, 1.807) is 11.3 Å². The van der Waals surface area contributed by atoms with Gasteiger partial charge < -0.3 is 0 Å². The summed E-state index contributed by atoms with van der Waals surface area (Å²) in [5.74, 6) is 0.638. The summed E-state index contributed by atoms with van der Waals surface area (Å²) in [6.45, 7) is 8.15. The molecule has 0 spiro atoms. The Kier molecular flexibility index (Phi) is 3.90. The largest absolute Gasteiger partial charge is 0.293 e. The van der Waals surface area contributed by atoms with Crippen LogP contribution in [0.2, 0.25) is 0 Å². The van der Waals surface area contributed by atoms with Crippen molar-refractivity contribution in [2.24, 2.45) is 13.0 Å². The number of aryl methyl sites for hydroxylation is 1. The summed E-state index contributed by atoms with van der Waals surface area (Å²) in [7, 11) is 1.93. The molecule has 0 aliphatic carbocycles. The van der Waals surface area contributed by atoms with E-state index >= 15 is 0 Å². The van der Waals surface area contributed by atoms with Crippen LogP contribution in [-0.4, -0.2) is 15.6 Å². The Morgan fingerprint density at radius 2 is 1.95 bits per heavy atom. The third-order valence-electron chi connectivity index (χ3n) is 3.04. The molecule has 19 heavy (non-hydrogen) atoms. The topological polar surface area (TPSA) is 34.9 Å². The van der Waals surface area contributed by atoms with Gasteiger partial charge in [-0.1, -0.05) is 27.7 Å². The fourth-order valence-electron chi connectivity index (χ4n) is 2.02. The van der Waals surface area contributed by atoms with Gasteiger partial charge in [0.05, 0.1) is 10.6 Å². The Hall–Kier alpha value is -1.42. The smallest absolute Gasteiger partial charge is 0.175 e. The van der Waals surface area contributed by atoms with Crippen LogP contribution in [0.3, 0.4) is 0 Å². The van der Waals surface area contributed by atoms with E-state index in [4.69, 9.17) is 0 Å². The summed E-state index contributed by atoms with van der Waals surface area (Å²) < 4.78 is 1.84. The summed E-state index contributed by atoms with van der Waals surface area (Å²) in [6, 6.07) is 3.96. The third-order valence-corrected chi connectivity index (χ3v) is 4.18. The molecule has 0 N–H and O–H groups in total. The molecule has 0 saturated heterocycles.